The number of hydrogen-bond acceptors (Lipinski definition) is 11. The van der Waals surface area contributed by atoms with Gasteiger partial charge in [-0.3, -0.25) is 4.72 Å². The van der Waals surface area contributed by atoms with Crippen molar-refractivity contribution >= 4 is 34.5 Å². The van der Waals surface area contributed by atoms with Gasteiger partial charge in [0.25, 0.3) is 0 Å². The molecule has 3 aromatic rings. The van der Waals surface area contributed by atoms with Crippen LogP contribution in [0.5, 0.6) is 0 Å². The van der Waals surface area contributed by atoms with Crippen LogP contribution in [-0.4, -0.2) is 87.3 Å². The van der Waals surface area contributed by atoms with Gasteiger partial charge >= 0.3 is 0 Å². The number of nitrogens with zero attached hydrogens (tertiary/aromatic N) is 5. The maximum Gasteiger partial charge on any atom is 0.160 e. The molecule has 1 fully saturated rings. The number of nitrogens with one attached hydrogen (secondary N) is 1. The number of aliphatic hydroxyl groups excluding tert-OH is 3. The molecule has 0 saturated carbocycles. The highest BCUT2D eigenvalue weighted by Crippen LogP contribution is 2.26. The molecule has 252 valence electrons. The SMILES string of the molecule is CCN(CC)c1ccc2cc(/C=C(\C#N)SNC(C)(C)CCO)ccc2c1.CO[C@@H]1CC(O)[C@H](O)C(Cn2cc(C(C)C)nn2)O1. The minimum Gasteiger partial charge on any atom is -0.396 e. The van der Waals surface area contributed by atoms with Gasteiger partial charge in [0.1, 0.15) is 23.2 Å². The van der Waals surface area contributed by atoms with E-state index in [0.717, 1.165) is 29.7 Å². The van der Waals surface area contributed by atoms with Crippen molar-refractivity contribution in [3.8, 4) is 6.07 Å². The fourth-order valence-electron chi connectivity index (χ4n) is 4.96. The zero-order valence-electron chi connectivity index (χ0n) is 28.1. The molecule has 1 saturated heterocycles. The predicted molar refractivity (Wildman–Crippen MR) is 184 cm³/mol. The van der Waals surface area contributed by atoms with Crippen LogP contribution in [0.25, 0.3) is 16.8 Å². The van der Waals surface area contributed by atoms with Crippen LogP contribution in [0.1, 0.15) is 71.6 Å². The van der Waals surface area contributed by atoms with Gasteiger partial charge < -0.3 is 29.7 Å². The third-order valence-corrected chi connectivity index (χ3v) is 8.96. The van der Waals surface area contributed by atoms with Crippen LogP contribution in [0.4, 0.5) is 5.69 Å². The Bertz CT molecular complexity index is 1450. The molecular formula is C34H50N6O5S. The van der Waals surface area contributed by atoms with Gasteiger partial charge in [0.05, 0.1) is 18.3 Å². The summed E-state index contributed by atoms with van der Waals surface area (Å²) in [5.41, 5.74) is 2.89. The molecule has 4 N–H and O–H groups in total. The second-order valence-corrected chi connectivity index (χ2v) is 13.1. The number of methoxy groups -OCH3 is 1. The number of fused-ring (bicyclic) bond motifs is 1. The first kappa shape index (κ1) is 37.4. The Morgan fingerprint density at radius 2 is 1.91 bits per heavy atom. The van der Waals surface area contributed by atoms with E-state index in [1.165, 1.54) is 30.1 Å². The lowest BCUT2D eigenvalue weighted by molar-refractivity contribution is -0.245. The Balaban J connectivity index is 0.000000266. The van der Waals surface area contributed by atoms with Crippen molar-refractivity contribution in [3.05, 3.63) is 58.8 Å². The summed E-state index contributed by atoms with van der Waals surface area (Å²) >= 11 is 1.31. The van der Waals surface area contributed by atoms with Gasteiger partial charge in [0, 0.05) is 50.7 Å². The molecule has 2 unspecified atom stereocenters. The van der Waals surface area contributed by atoms with Crippen molar-refractivity contribution in [2.75, 3.05) is 31.7 Å². The lowest BCUT2D eigenvalue weighted by atomic mass is 10.0. The highest BCUT2D eigenvalue weighted by molar-refractivity contribution is 8.01. The van der Waals surface area contributed by atoms with Crippen molar-refractivity contribution in [2.24, 2.45) is 0 Å². The molecule has 11 nitrogen and oxygen atoms in total. The minimum atomic E-state index is -0.946. The van der Waals surface area contributed by atoms with Gasteiger partial charge in [0.2, 0.25) is 0 Å². The van der Waals surface area contributed by atoms with Crippen molar-refractivity contribution < 1.29 is 24.8 Å². The predicted octanol–water partition coefficient (Wildman–Crippen LogP) is 4.83. The molecule has 2 heterocycles. The highest BCUT2D eigenvalue weighted by Gasteiger charge is 2.37. The summed E-state index contributed by atoms with van der Waals surface area (Å²) < 4.78 is 15.5. The number of aromatic nitrogens is 3. The van der Waals surface area contributed by atoms with Crippen LogP contribution in [0.2, 0.25) is 0 Å². The molecule has 4 rings (SSSR count). The van der Waals surface area contributed by atoms with Gasteiger partial charge in [-0.15, -0.1) is 5.10 Å². The molecule has 0 spiro atoms. The molecule has 12 heteroatoms. The summed E-state index contributed by atoms with van der Waals surface area (Å²) in [7, 11) is 1.51. The van der Waals surface area contributed by atoms with E-state index in [-0.39, 0.29) is 18.6 Å². The zero-order chi connectivity index (χ0) is 33.9. The number of allylic oxidation sites excluding steroid dienone is 1. The first-order chi connectivity index (χ1) is 21.9. The van der Waals surface area contributed by atoms with Crippen molar-refractivity contribution in [2.45, 2.75) is 97.0 Å². The van der Waals surface area contributed by atoms with Crippen LogP contribution in [0, 0.1) is 11.3 Å². The molecule has 1 aliphatic heterocycles. The van der Waals surface area contributed by atoms with E-state index in [9.17, 15) is 15.5 Å². The van der Waals surface area contributed by atoms with Crippen molar-refractivity contribution in [1.29, 1.82) is 5.26 Å². The normalized spacial score (nSPS) is 20.3. The molecule has 0 amide bonds. The maximum absolute atomic E-state index is 9.94. The molecule has 4 atom stereocenters. The third-order valence-electron chi connectivity index (χ3n) is 7.87. The topological polar surface area (TPSA) is 149 Å². The van der Waals surface area contributed by atoms with E-state index >= 15 is 0 Å². The number of benzene rings is 2. The standard InChI is InChI=1S/C22H29N3OS.C12H21N3O4/c1-5-25(6-2)20-10-9-18-13-17(7-8-19(18)15-20)14-21(16-23)27-24-22(3,4)11-12-26;1-7(2)8-5-15(14-13-8)6-10-12(17)9(16)4-11(18-3)19-10/h7-10,13-15,24,26H,5-6,11-12H2,1-4H3;5,7,9-12,16-17H,4,6H2,1-3H3/b21-14+;/t;9?,10?,11-,12-/m.0/s1. The summed E-state index contributed by atoms with van der Waals surface area (Å²) in [6, 6.07) is 15.0. The van der Waals surface area contributed by atoms with Gasteiger partial charge in [-0.05, 0) is 92.6 Å². The van der Waals surface area contributed by atoms with Crippen LogP contribution in [-0.2, 0) is 16.0 Å². The number of aliphatic hydroxyl groups is 3. The maximum atomic E-state index is 9.94. The van der Waals surface area contributed by atoms with E-state index in [2.05, 4.69) is 70.2 Å². The molecule has 2 aromatic carbocycles. The quantitative estimate of drug-likeness (QED) is 0.148. The lowest BCUT2D eigenvalue weighted by Crippen LogP contribution is -2.50. The number of hydrogen-bond donors (Lipinski definition) is 4. The first-order valence-electron chi connectivity index (χ1n) is 15.8. The van der Waals surface area contributed by atoms with E-state index in [1.54, 1.807) is 4.68 Å². The van der Waals surface area contributed by atoms with Crippen LogP contribution < -0.4 is 9.62 Å². The van der Waals surface area contributed by atoms with E-state index in [4.69, 9.17) is 14.6 Å². The van der Waals surface area contributed by atoms with Crippen LogP contribution >= 0.6 is 11.9 Å². The van der Waals surface area contributed by atoms with E-state index in [0.29, 0.717) is 23.8 Å². The Kier molecular flexibility index (Phi) is 14.5. The average Bonchev–Trinajstić information content (AvgIpc) is 3.51. The molecule has 0 aliphatic carbocycles. The smallest absolute Gasteiger partial charge is 0.160 e. The molecule has 1 aromatic heterocycles. The Hall–Kier alpha value is -3.02. The highest BCUT2D eigenvalue weighted by atomic mass is 32.2. The summed E-state index contributed by atoms with van der Waals surface area (Å²) in [6.45, 7) is 14.8. The largest absolute Gasteiger partial charge is 0.396 e. The zero-order valence-corrected chi connectivity index (χ0v) is 28.9. The number of nitriles is 1. The molecule has 1 aliphatic rings. The Labute approximate surface area is 277 Å². The second-order valence-electron chi connectivity index (χ2n) is 12.3. The van der Waals surface area contributed by atoms with E-state index < -0.39 is 24.6 Å². The average molecular weight is 655 g/mol. The minimum absolute atomic E-state index is 0.117. The lowest BCUT2D eigenvalue weighted by Gasteiger charge is -2.36. The summed E-state index contributed by atoms with van der Waals surface area (Å²) in [5.74, 6) is 0.295. The second kappa shape index (κ2) is 17.8. The van der Waals surface area contributed by atoms with Gasteiger partial charge in [-0.25, -0.2) is 4.68 Å². The molecule has 46 heavy (non-hydrogen) atoms. The van der Waals surface area contributed by atoms with Crippen molar-refractivity contribution in [3.63, 3.8) is 0 Å². The monoisotopic (exact) mass is 654 g/mol. The summed E-state index contributed by atoms with van der Waals surface area (Å²) in [5, 5.41) is 48.7. The fourth-order valence-corrected chi connectivity index (χ4v) is 5.69. The van der Waals surface area contributed by atoms with E-state index in [1.807, 2.05) is 46.0 Å². The molecule has 0 bridgehead atoms. The first-order valence-corrected chi connectivity index (χ1v) is 16.6. The number of anilines is 1. The summed E-state index contributed by atoms with van der Waals surface area (Å²) in [6.07, 6.45) is 1.75. The molecule has 0 radical (unpaired) electrons. The molecular weight excluding hydrogens is 604 g/mol. The van der Waals surface area contributed by atoms with Gasteiger partial charge in [0.15, 0.2) is 6.29 Å². The number of rotatable bonds is 13. The summed E-state index contributed by atoms with van der Waals surface area (Å²) in [4.78, 5) is 2.93. The van der Waals surface area contributed by atoms with Gasteiger partial charge in [-0.1, -0.05) is 37.3 Å². The van der Waals surface area contributed by atoms with Gasteiger partial charge in [-0.2, -0.15) is 5.26 Å². The fraction of sp³-hybridized carbons (Fsp3) is 0.559. The van der Waals surface area contributed by atoms with Crippen LogP contribution in [0.3, 0.4) is 0 Å². The third kappa shape index (κ3) is 10.8. The Morgan fingerprint density at radius 3 is 2.52 bits per heavy atom. The van der Waals surface area contributed by atoms with Crippen LogP contribution in [0.15, 0.2) is 47.5 Å². The van der Waals surface area contributed by atoms with Crippen molar-refractivity contribution in [1.82, 2.24) is 19.7 Å². The number of ether oxygens (including phenoxy) is 2. The Morgan fingerprint density at radius 1 is 1.22 bits per heavy atom.